The van der Waals surface area contributed by atoms with E-state index < -0.39 is 0 Å². The Morgan fingerprint density at radius 3 is 1.64 bits per heavy atom. The Morgan fingerprint density at radius 2 is 0.976 bits per heavy atom. The van der Waals surface area contributed by atoms with Gasteiger partial charge in [0, 0.05) is 5.41 Å². The summed E-state index contributed by atoms with van der Waals surface area (Å²) < 4.78 is 0. The Labute approximate surface area is 250 Å². The normalized spacial score (nSPS) is 13.3. The predicted molar refractivity (Wildman–Crippen MR) is 179 cm³/mol. The third-order valence-electron chi connectivity index (χ3n) is 8.46. The molecule has 0 radical (unpaired) electrons. The molecular formula is C41H37N. The van der Waals surface area contributed by atoms with Crippen molar-refractivity contribution < 1.29 is 0 Å². The van der Waals surface area contributed by atoms with Crippen LogP contribution < -0.4 is 5.73 Å². The third kappa shape index (κ3) is 5.44. The summed E-state index contributed by atoms with van der Waals surface area (Å²) in [6.45, 7) is 6.75. The molecule has 1 nitrogen and oxygen atoms in total. The molecule has 6 aromatic carbocycles. The zero-order chi connectivity index (χ0) is 29.1. The highest BCUT2D eigenvalue weighted by atomic mass is 14.6. The molecule has 0 bridgehead atoms. The van der Waals surface area contributed by atoms with Crippen molar-refractivity contribution in [2.45, 2.75) is 32.2 Å². The Balaban J connectivity index is 0.000000397. The fourth-order valence-electron chi connectivity index (χ4n) is 6.06. The number of benzene rings is 6. The third-order valence-corrected chi connectivity index (χ3v) is 8.46. The quantitative estimate of drug-likeness (QED) is 0.235. The van der Waals surface area contributed by atoms with E-state index in [2.05, 4.69) is 136 Å². The lowest BCUT2D eigenvalue weighted by atomic mass is 9.81. The molecule has 42 heavy (non-hydrogen) atoms. The van der Waals surface area contributed by atoms with E-state index >= 15 is 0 Å². The summed E-state index contributed by atoms with van der Waals surface area (Å²) in [5.41, 5.74) is 20.6. The first-order valence-electron chi connectivity index (χ1n) is 14.7. The molecule has 1 heteroatoms. The molecule has 0 saturated carbocycles. The highest BCUT2D eigenvalue weighted by molar-refractivity contribution is 5.84. The Morgan fingerprint density at radius 1 is 0.452 bits per heavy atom. The molecule has 0 aromatic heterocycles. The Hall–Kier alpha value is -4.72. The first-order valence-corrected chi connectivity index (χ1v) is 14.7. The molecule has 0 amide bonds. The smallest absolute Gasteiger partial charge is 0.0551 e. The van der Waals surface area contributed by atoms with Gasteiger partial charge in [-0.05, 0) is 80.8 Å². The average Bonchev–Trinajstić information content (AvgIpc) is 3.28. The largest absolute Gasteiger partial charge is 0.320 e. The van der Waals surface area contributed by atoms with E-state index in [1.807, 2.05) is 36.4 Å². The average molecular weight is 544 g/mol. The molecule has 2 N–H and O–H groups in total. The van der Waals surface area contributed by atoms with Gasteiger partial charge >= 0.3 is 0 Å². The highest BCUT2D eigenvalue weighted by Crippen LogP contribution is 2.49. The molecule has 1 atom stereocenters. The maximum absolute atomic E-state index is 6.60. The van der Waals surface area contributed by atoms with Crippen molar-refractivity contribution >= 4 is 0 Å². The summed E-state index contributed by atoms with van der Waals surface area (Å²) in [6.07, 6.45) is 0. The van der Waals surface area contributed by atoms with Crippen LogP contribution in [-0.4, -0.2) is 0 Å². The maximum Gasteiger partial charge on any atom is 0.0551 e. The maximum atomic E-state index is 6.60. The predicted octanol–water partition coefficient (Wildman–Crippen LogP) is 10.4. The van der Waals surface area contributed by atoms with Gasteiger partial charge in [0.25, 0.3) is 0 Å². The standard InChI is InChI=1S/C34H29N.C7H8/c1-34(2)31-17-7-6-16-29(31)30-19-18-27(22-32(30)34)25-13-8-12-24(20-25)26-14-9-15-28(21-26)33(35)23-10-4-3-5-11-23;1-7-5-3-2-4-6-7/h3-22,33H,35H2,1-2H3;2-6H,1H3. The van der Waals surface area contributed by atoms with Gasteiger partial charge in [-0.15, -0.1) is 0 Å². The van der Waals surface area contributed by atoms with E-state index in [4.69, 9.17) is 5.73 Å². The van der Waals surface area contributed by atoms with Crippen molar-refractivity contribution in [3.8, 4) is 33.4 Å². The van der Waals surface area contributed by atoms with Crippen molar-refractivity contribution in [3.05, 3.63) is 179 Å². The lowest BCUT2D eigenvalue weighted by Crippen LogP contribution is -2.14. The zero-order valence-corrected chi connectivity index (χ0v) is 24.6. The van der Waals surface area contributed by atoms with Gasteiger partial charge in [0.1, 0.15) is 0 Å². The molecule has 0 fully saturated rings. The number of hydrogen-bond acceptors (Lipinski definition) is 1. The van der Waals surface area contributed by atoms with Crippen LogP contribution >= 0.6 is 0 Å². The summed E-state index contributed by atoms with van der Waals surface area (Å²) in [7, 11) is 0. The summed E-state index contributed by atoms with van der Waals surface area (Å²) in [5, 5.41) is 0. The Kier molecular flexibility index (Phi) is 7.61. The lowest BCUT2D eigenvalue weighted by molar-refractivity contribution is 0.660. The molecular weight excluding hydrogens is 506 g/mol. The fourth-order valence-corrected chi connectivity index (χ4v) is 6.06. The van der Waals surface area contributed by atoms with Crippen LogP contribution in [0.4, 0.5) is 0 Å². The number of hydrogen-bond donors (Lipinski definition) is 1. The van der Waals surface area contributed by atoms with Crippen LogP contribution in [0.15, 0.2) is 152 Å². The molecule has 1 aliphatic rings. The van der Waals surface area contributed by atoms with Gasteiger partial charge in [-0.2, -0.15) is 0 Å². The van der Waals surface area contributed by atoms with Crippen LogP contribution in [0.2, 0.25) is 0 Å². The number of rotatable bonds is 4. The molecule has 206 valence electrons. The van der Waals surface area contributed by atoms with Gasteiger partial charge in [-0.25, -0.2) is 0 Å². The van der Waals surface area contributed by atoms with Gasteiger partial charge in [0.15, 0.2) is 0 Å². The SMILES string of the molecule is CC1(C)c2ccccc2-c2ccc(-c3cccc(-c4cccc(C(N)c5ccccc5)c4)c3)cc21.Cc1ccccc1. The Bertz CT molecular complexity index is 1820. The molecule has 7 rings (SSSR count). The number of fused-ring (bicyclic) bond motifs is 3. The molecule has 6 aromatic rings. The summed E-state index contributed by atoms with van der Waals surface area (Å²) in [5.74, 6) is 0. The minimum Gasteiger partial charge on any atom is -0.320 e. The monoisotopic (exact) mass is 543 g/mol. The second-order valence-electron chi connectivity index (χ2n) is 11.7. The molecule has 1 unspecified atom stereocenters. The van der Waals surface area contributed by atoms with Crippen molar-refractivity contribution in [1.29, 1.82) is 0 Å². The molecule has 0 saturated heterocycles. The molecule has 1 aliphatic carbocycles. The van der Waals surface area contributed by atoms with E-state index in [-0.39, 0.29) is 11.5 Å². The van der Waals surface area contributed by atoms with E-state index in [1.165, 1.54) is 50.1 Å². The number of aryl methyl sites for hydroxylation is 1. The lowest BCUT2D eigenvalue weighted by Gasteiger charge is -2.22. The highest BCUT2D eigenvalue weighted by Gasteiger charge is 2.35. The topological polar surface area (TPSA) is 26.0 Å². The van der Waals surface area contributed by atoms with E-state index in [1.54, 1.807) is 0 Å². The van der Waals surface area contributed by atoms with E-state index in [0.29, 0.717) is 0 Å². The zero-order valence-electron chi connectivity index (χ0n) is 24.6. The van der Waals surface area contributed by atoms with Crippen molar-refractivity contribution in [2.75, 3.05) is 0 Å². The van der Waals surface area contributed by atoms with Crippen LogP contribution in [0, 0.1) is 6.92 Å². The van der Waals surface area contributed by atoms with Crippen molar-refractivity contribution in [2.24, 2.45) is 5.73 Å². The summed E-state index contributed by atoms with van der Waals surface area (Å²) in [4.78, 5) is 0. The van der Waals surface area contributed by atoms with Gasteiger partial charge in [-0.3, -0.25) is 0 Å². The first kappa shape index (κ1) is 27.4. The van der Waals surface area contributed by atoms with Crippen molar-refractivity contribution in [1.82, 2.24) is 0 Å². The number of nitrogens with two attached hydrogens (primary N) is 1. The van der Waals surface area contributed by atoms with E-state index in [9.17, 15) is 0 Å². The van der Waals surface area contributed by atoms with Crippen LogP contribution in [-0.2, 0) is 5.41 Å². The van der Waals surface area contributed by atoms with Gasteiger partial charge in [-0.1, -0.05) is 153 Å². The van der Waals surface area contributed by atoms with Gasteiger partial charge in [0.2, 0.25) is 0 Å². The first-order chi connectivity index (χ1) is 20.4. The molecule has 0 heterocycles. The fraction of sp³-hybridized carbons (Fsp3) is 0.122. The summed E-state index contributed by atoms with van der Waals surface area (Å²) >= 11 is 0. The van der Waals surface area contributed by atoms with E-state index in [0.717, 1.165) is 11.1 Å². The van der Waals surface area contributed by atoms with Crippen molar-refractivity contribution in [3.63, 3.8) is 0 Å². The van der Waals surface area contributed by atoms with Crippen LogP contribution in [0.3, 0.4) is 0 Å². The minimum absolute atomic E-state index is 0.00144. The summed E-state index contributed by atoms with van der Waals surface area (Å²) in [6, 6.07) is 53.6. The second kappa shape index (κ2) is 11.6. The minimum atomic E-state index is -0.139. The van der Waals surface area contributed by atoms with Crippen LogP contribution in [0.1, 0.15) is 47.7 Å². The second-order valence-corrected chi connectivity index (χ2v) is 11.7. The van der Waals surface area contributed by atoms with Crippen LogP contribution in [0.25, 0.3) is 33.4 Å². The molecule has 0 spiro atoms. The van der Waals surface area contributed by atoms with Gasteiger partial charge in [0.05, 0.1) is 6.04 Å². The van der Waals surface area contributed by atoms with Crippen LogP contribution in [0.5, 0.6) is 0 Å². The molecule has 0 aliphatic heterocycles. The van der Waals surface area contributed by atoms with Gasteiger partial charge < -0.3 is 5.73 Å².